The number of thioether (sulfide) groups is 1. The Hall–Kier alpha value is 0.100. The Morgan fingerprint density at radius 2 is 2.20 bits per heavy atom. The molecule has 0 aliphatic carbocycles. The van der Waals surface area contributed by atoms with Crippen LogP contribution in [0.1, 0.15) is 25.7 Å². The van der Waals surface area contributed by atoms with Crippen LogP contribution in [0.4, 0.5) is 13.2 Å². The molecule has 0 radical (unpaired) electrons. The van der Waals surface area contributed by atoms with Crippen molar-refractivity contribution in [3.05, 3.63) is 0 Å². The molecule has 2 atom stereocenters. The van der Waals surface area contributed by atoms with Gasteiger partial charge in [-0.2, -0.15) is 24.9 Å². The average molecular weight is 241 g/mol. The maximum absolute atomic E-state index is 12.0. The highest BCUT2D eigenvalue weighted by Gasteiger charge is 2.28. The second-order valence-electron chi connectivity index (χ2n) is 4.03. The van der Waals surface area contributed by atoms with E-state index in [9.17, 15) is 13.2 Å². The van der Waals surface area contributed by atoms with E-state index in [4.69, 9.17) is 0 Å². The molecule has 2 unspecified atom stereocenters. The van der Waals surface area contributed by atoms with Gasteiger partial charge in [0.05, 0.1) is 0 Å². The van der Waals surface area contributed by atoms with Crippen LogP contribution in [0.5, 0.6) is 0 Å². The maximum Gasteiger partial charge on any atom is 0.389 e. The summed E-state index contributed by atoms with van der Waals surface area (Å²) in [5, 5.41) is 3.15. The molecule has 0 aromatic heterocycles. The van der Waals surface area contributed by atoms with E-state index in [-0.39, 0.29) is 12.5 Å². The molecule has 0 saturated carbocycles. The molecule has 1 heterocycles. The fourth-order valence-electron chi connectivity index (χ4n) is 2.01. The molecule has 1 nitrogen and oxygen atoms in total. The summed E-state index contributed by atoms with van der Waals surface area (Å²) in [6.07, 6.45) is -2.62. The largest absolute Gasteiger partial charge is 0.389 e. The normalized spacial score (nSPS) is 24.4. The van der Waals surface area contributed by atoms with Crippen LogP contribution in [0.3, 0.4) is 0 Å². The Morgan fingerprint density at radius 3 is 2.67 bits per heavy atom. The van der Waals surface area contributed by atoms with Gasteiger partial charge in [0, 0.05) is 12.5 Å². The summed E-state index contributed by atoms with van der Waals surface area (Å²) in [4.78, 5) is 0. The molecule has 1 rings (SSSR count). The van der Waals surface area contributed by atoms with Gasteiger partial charge in [-0.1, -0.05) is 0 Å². The van der Waals surface area contributed by atoms with Gasteiger partial charge >= 0.3 is 6.18 Å². The minimum absolute atomic E-state index is 0.246. The van der Waals surface area contributed by atoms with Crippen LogP contribution >= 0.6 is 11.8 Å². The third kappa shape index (κ3) is 5.11. The van der Waals surface area contributed by atoms with Crippen molar-refractivity contribution in [2.45, 2.75) is 37.9 Å². The summed E-state index contributed by atoms with van der Waals surface area (Å²) in [5.74, 6) is 2.81. The smallest absolute Gasteiger partial charge is 0.317 e. The fraction of sp³-hybridized carbons (Fsp3) is 1.00. The van der Waals surface area contributed by atoms with Crippen LogP contribution in [-0.4, -0.2) is 30.8 Å². The highest BCUT2D eigenvalue weighted by atomic mass is 32.2. The molecule has 0 bridgehead atoms. The van der Waals surface area contributed by atoms with Crippen LogP contribution in [0.25, 0.3) is 0 Å². The molecule has 5 heteroatoms. The second kappa shape index (κ2) is 5.99. The van der Waals surface area contributed by atoms with Gasteiger partial charge in [-0.15, -0.1) is 0 Å². The summed E-state index contributed by atoms with van der Waals surface area (Å²) in [6, 6.07) is 0.266. The second-order valence-corrected chi connectivity index (χ2v) is 5.18. The van der Waals surface area contributed by atoms with Gasteiger partial charge in [-0.3, -0.25) is 0 Å². The Labute approximate surface area is 93.2 Å². The van der Waals surface area contributed by atoms with Gasteiger partial charge < -0.3 is 5.32 Å². The summed E-state index contributed by atoms with van der Waals surface area (Å²) in [7, 11) is 1.85. The molecule has 15 heavy (non-hydrogen) atoms. The highest BCUT2D eigenvalue weighted by Crippen LogP contribution is 2.29. The van der Waals surface area contributed by atoms with Gasteiger partial charge in [-0.25, -0.2) is 0 Å². The van der Waals surface area contributed by atoms with E-state index in [1.54, 1.807) is 0 Å². The van der Waals surface area contributed by atoms with Crippen molar-refractivity contribution in [3.8, 4) is 0 Å². The Balaban J connectivity index is 2.21. The summed E-state index contributed by atoms with van der Waals surface area (Å²) >= 11 is 1.90. The van der Waals surface area contributed by atoms with Gasteiger partial charge in [0.25, 0.3) is 0 Å². The quantitative estimate of drug-likeness (QED) is 0.794. The molecule has 1 aliphatic heterocycles. The van der Waals surface area contributed by atoms with Crippen LogP contribution in [-0.2, 0) is 0 Å². The summed E-state index contributed by atoms with van der Waals surface area (Å²) in [5.41, 5.74) is 0. The van der Waals surface area contributed by atoms with Crippen molar-refractivity contribution < 1.29 is 13.2 Å². The van der Waals surface area contributed by atoms with E-state index < -0.39 is 12.6 Å². The lowest BCUT2D eigenvalue weighted by Gasteiger charge is -2.22. The predicted octanol–water partition coefficient (Wildman–Crippen LogP) is 3.06. The molecule has 1 saturated heterocycles. The molecule has 0 aromatic rings. The Kier molecular flexibility index (Phi) is 5.26. The van der Waals surface area contributed by atoms with Crippen molar-refractivity contribution >= 4 is 11.8 Å². The number of rotatable bonds is 5. The van der Waals surface area contributed by atoms with Gasteiger partial charge in [0.1, 0.15) is 0 Å². The molecule has 0 spiro atoms. The molecule has 90 valence electrons. The number of alkyl halides is 3. The third-order valence-electron chi connectivity index (χ3n) is 2.88. The molecule has 0 aromatic carbocycles. The number of nitrogens with one attached hydrogen (secondary N) is 1. The monoisotopic (exact) mass is 241 g/mol. The lowest BCUT2D eigenvalue weighted by atomic mass is 9.94. The standard InChI is InChI=1S/C10H18F3NS/c1-14-9(8-4-6-15-7-8)3-2-5-10(11,12)13/h8-9,14H,2-7H2,1H3. The Morgan fingerprint density at radius 1 is 1.47 bits per heavy atom. The molecule has 1 N–H and O–H groups in total. The minimum Gasteiger partial charge on any atom is -0.317 e. The number of hydrogen-bond donors (Lipinski definition) is 1. The minimum atomic E-state index is -4.00. The van der Waals surface area contributed by atoms with E-state index in [1.165, 1.54) is 0 Å². The lowest BCUT2D eigenvalue weighted by molar-refractivity contribution is -0.136. The average Bonchev–Trinajstić information content (AvgIpc) is 2.63. The topological polar surface area (TPSA) is 12.0 Å². The summed E-state index contributed by atoms with van der Waals surface area (Å²) in [6.45, 7) is 0. The molecule has 1 fully saturated rings. The predicted molar refractivity (Wildman–Crippen MR) is 58.2 cm³/mol. The van der Waals surface area contributed by atoms with E-state index in [2.05, 4.69) is 5.32 Å². The zero-order valence-electron chi connectivity index (χ0n) is 8.94. The van der Waals surface area contributed by atoms with E-state index >= 15 is 0 Å². The van der Waals surface area contributed by atoms with Gasteiger partial charge in [-0.05, 0) is 43.7 Å². The molecular formula is C10H18F3NS. The van der Waals surface area contributed by atoms with Crippen LogP contribution < -0.4 is 5.32 Å². The first-order chi connectivity index (χ1) is 7.03. The van der Waals surface area contributed by atoms with Crippen molar-refractivity contribution in [1.29, 1.82) is 0 Å². The first kappa shape index (κ1) is 13.2. The van der Waals surface area contributed by atoms with Crippen molar-refractivity contribution in [2.24, 2.45) is 5.92 Å². The zero-order chi connectivity index (χ0) is 11.3. The number of hydrogen-bond acceptors (Lipinski definition) is 2. The van der Waals surface area contributed by atoms with Crippen molar-refractivity contribution in [1.82, 2.24) is 5.32 Å². The van der Waals surface area contributed by atoms with Crippen molar-refractivity contribution in [3.63, 3.8) is 0 Å². The fourth-order valence-corrected chi connectivity index (χ4v) is 3.35. The third-order valence-corrected chi connectivity index (χ3v) is 4.07. The SMILES string of the molecule is CNC(CCCC(F)(F)F)C1CCSC1. The van der Waals surface area contributed by atoms with E-state index in [0.717, 1.165) is 17.9 Å². The van der Waals surface area contributed by atoms with Crippen LogP contribution in [0.15, 0.2) is 0 Å². The molecular weight excluding hydrogens is 223 g/mol. The number of halogens is 3. The first-order valence-electron chi connectivity index (χ1n) is 5.34. The van der Waals surface area contributed by atoms with E-state index in [1.807, 2.05) is 18.8 Å². The van der Waals surface area contributed by atoms with Crippen LogP contribution in [0, 0.1) is 5.92 Å². The van der Waals surface area contributed by atoms with Crippen molar-refractivity contribution in [2.75, 3.05) is 18.6 Å². The highest BCUT2D eigenvalue weighted by molar-refractivity contribution is 7.99. The van der Waals surface area contributed by atoms with Gasteiger partial charge in [0.2, 0.25) is 0 Å². The lowest BCUT2D eigenvalue weighted by Crippen LogP contribution is -2.33. The van der Waals surface area contributed by atoms with E-state index in [0.29, 0.717) is 12.3 Å². The van der Waals surface area contributed by atoms with Gasteiger partial charge in [0.15, 0.2) is 0 Å². The summed E-state index contributed by atoms with van der Waals surface area (Å²) < 4.78 is 35.9. The van der Waals surface area contributed by atoms with Crippen LogP contribution in [0.2, 0.25) is 0 Å². The maximum atomic E-state index is 12.0. The molecule has 0 amide bonds. The Bertz CT molecular complexity index is 178. The molecule has 1 aliphatic rings. The first-order valence-corrected chi connectivity index (χ1v) is 6.50. The zero-order valence-corrected chi connectivity index (χ0v) is 9.76.